The minimum Gasteiger partial charge on any atom is -0.329 e. The summed E-state index contributed by atoms with van der Waals surface area (Å²) in [6.45, 7) is 4.65. The van der Waals surface area contributed by atoms with E-state index in [1.54, 1.807) is 6.07 Å². The molecule has 0 aromatic heterocycles. The maximum atomic E-state index is 13.9. The average Bonchev–Trinajstić information content (AvgIpc) is 3.27. The first kappa shape index (κ1) is 13.0. The van der Waals surface area contributed by atoms with Crippen molar-refractivity contribution in [2.45, 2.75) is 24.9 Å². The molecule has 2 fully saturated rings. The lowest BCUT2D eigenvalue weighted by Gasteiger charge is -2.39. The van der Waals surface area contributed by atoms with Crippen LogP contribution in [0.3, 0.4) is 0 Å². The van der Waals surface area contributed by atoms with Crippen molar-refractivity contribution in [3.05, 3.63) is 35.6 Å². The molecule has 0 radical (unpaired) electrons. The average molecular weight is 263 g/mol. The molecule has 2 aliphatic rings. The summed E-state index contributed by atoms with van der Waals surface area (Å²) < 4.78 is 13.9. The van der Waals surface area contributed by atoms with E-state index in [0.717, 1.165) is 37.8 Å². The van der Waals surface area contributed by atoms with Gasteiger partial charge in [-0.15, -0.1) is 0 Å². The number of benzene rings is 1. The molecule has 3 nitrogen and oxygen atoms in total. The van der Waals surface area contributed by atoms with Gasteiger partial charge in [-0.25, -0.2) is 4.39 Å². The van der Waals surface area contributed by atoms with Crippen LogP contribution in [-0.2, 0) is 0 Å². The van der Waals surface area contributed by atoms with Crippen LogP contribution in [0.4, 0.5) is 4.39 Å². The third-order valence-electron chi connectivity index (χ3n) is 4.34. The van der Waals surface area contributed by atoms with Crippen LogP contribution >= 0.6 is 0 Å². The van der Waals surface area contributed by atoms with Gasteiger partial charge < -0.3 is 5.73 Å². The summed E-state index contributed by atoms with van der Waals surface area (Å²) in [5, 5.41) is 0. The predicted molar refractivity (Wildman–Crippen MR) is 74.4 cm³/mol. The van der Waals surface area contributed by atoms with Gasteiger partial charge >= 0.3 is 0 Å². The van der Waals surface area contributed by atoms with Gasteiger partial charge in [0.1, 0.15) is 5.82 Å². The number of nitrogens with two attached hydrogens (primary N) is 1. The molecule has 1 aromatic rings. The summed E-state index contributed by atoms with van der Waals surface area (Å²) in [5.74, 6) is -0.137. The Morgan fingerprint density at radius 3 is 2.42 bits per heavy atom. The topological polar surface area (TPSA) is 32.5 Å². The van der Waals surface area contributed by atoms with Gasteiger partial charge in [0.05, 0.1) is 6.04 Å². The lowest BCUT2D eigenvalue weighted by Crippen LogP contribution is -2.49. The molecule has 2 N–H and O–H groups in total. The van der Waals surface area contributed by atoms with Crippen molar-refractivity contribution in [2.24, 2.45) is 5.73 Å². The van der Waals surface area contributed by atoms with E-state index in [1.807, 2.05) is 12.1 Å². The minimum absolute atomic E-state index is 0.0163. The zero-order valence-corrected chi connectivity index (χ0v) is 11.3. The Hall–Kier alpha value is -0.970. The summed E-state index contributed by atoms with van der Waals surface area (Å²) in [4.78, 5) is 4.89. The van der Waals surface area contributed by atoms with Crippen LogP contribution in [0.25, 0.3) is 0 Å². The summed E-state index contributed by atoms with van der Waals surface area (Å²) in [5.41, 5.74) is 6.63. The summed E-state index contributed by atoms with van der Waals surface area (Å²) >= 11 is 0. The lowest BCUT2D eigenvalue weighted by molar-refractivity contribution is 0.0924. The van der Waals surface area contributed by atoms with Gasteiger partial charge in [-0.2, -0.15) is 0 Å². The fourth-order valence-corrected chi connectivity index (χ4v) is 3.07. The molecule has 19 heavy (non-hydrogen) atoms. The van der Waals surface area contributed by atoms with Crippen LogP contribution in [0, 0.1) is 5.82 Å². The first-order valence-electron chi connectivity index (χ1n) is 7.22. The van der Waals surface area contributed by atoms with Crippen molar-refractivity contribution >= 4 is 0 Å². The summed E-state index contributed by atoms with van der Waals surface area (Å²) in [6, 6.07) is 7.85. The standard InChI is InChI=1S/C15H22FN3/c16-14-4-2-1-3-13(14)15(11-17)19-9-7-18(8-10-19)12-5-6-12/h1-4,12,15H,5-11,17H2. The molecular formula is C15H22FN3. The molecule has 1 saturated carbocycles. The third kappa shape index (κ3) is 2.81. The van der Waals surface area contributed by atoms with E-state index in [4.69, 9.17) is 5.73 Å². The summed E-state index contributed by atoms with van der Waals surface area (Å²) in [7, 11) is 0. The highest BCUT2D eigenvalue weighted by Crippen LogP contribution is 2.29. The number of hydrogen-bond acceptors (Lipinski definition) is 3. The molecule has 1 heterocycles. The van der Waals surface area contributed by atoms with Gasteiger partial charge in [0.2, 0.25) is 0 Å². The van der Waals surface area contributed by atoms with Gasteiger partial charge in [0, 0.05) is 44.3 Å². The van der Waals surface area contributed by atoms with Gasteiger partial charge in [-0.05, 0) is 18.9 Å². The minimum atomic E-state index is -0.137. The molecule has 1 atom stereocenters. The summed E-state index contributed by atoms with van der Waals surface area (Å²) in [6.07, 6.45) is 2.71. The second-order valence-electron chi connectivity index (χ2n) is 5.58. The zero-order valence-electron chi connectivity index (χ0n) is 11.3. The monoisotopic (exact) mass is 263 g/mol. The fourth-order valence-electron chi connectivity index (χ4n) is 3.07. The second kappa shape index (κ2) is 5.57. The van der Waals surface area contributed by atoms with Crippen molar-refractivity contribution in [1.29, 1.82) is 0 Å². The Morgan fingerprint density at radius 1 is 1.16 bits per heavy atom. The first-order valence-corrected chi connectivity index (χ1v) is 7.22. The van der Waals surface area contributed by atoms with E-state index in [1.165, 1.54) is 18.9 Å². The van der Waals surface area contributed by atoms with E-state index in [9.17, 15) is 4.39 Å². The van der Waals surface area contributed by atoms with Crippen LogP contribution in [0.1, 0.15) is 24.4 Å². The van der Waals surface area contributed by atoms with Crippen LogP contribution in [0.2, 0.25) is 0 Å². The molecule has 0 amide bonds. The van der Waals surface area contributed by atoms with Crippen LogP contribution in [0.15, 0.2) is 24.3 Å². The molecule has 104 valence electrons. The zero-order chi connectivity index (χ0) is 13.2. The molecule has 3 rings (SSSR count). The molecule has 1 aliphatic carbocycles. The van der Waals surface area contributed by atoms with Crippen LogP contribution in [-0.4, -0.2) is 48.6 Å². The number of piperazine rings is 1. The van der Waals surface area contributed by atoms with E-state index in [2.05, 4.69) is 9.80 Å². The number of halogens is 1. The largest absolute Gasteiger partial charge is 0.329 e. The Bertz CT molecular complexity index is 425. The normalized spacial score (nSPS) is 23.5. The van der Waals surface area contributed by atoms with Crippen molar-refractivity contribution in [2.75, 3.05) is 32.7 Å². The molecule has 0 bridgehead atoms. The van der Waals surface area contributed by atoms with Crippen molar-refractivity contribution in [1.82, 2.24) is 9.80 Å². The van der Waals surface area contributed by atoms with Crippen LogP contribution < -0.4 is 5.73 Å². The second-order valence-corrected chi connectivity index (χ2v) is 5.58. The molecule has 1 saturated heterocycles. The van der Waals surface area contributed by atoms with Gasteiger partial charge in [-0.1, -0.05) is 18.2 Å². The highest BCUT2D eigenvalue weighted by Gasteiger charge is 2.33. The van der Waals surface area contributed by atoms with E-state index in [0.29, 0.717) is 6.54 Å². The molecule has 1 aromatic carbocycles. The Labute approximate surface area is 114 Å². The smallest absolute Gasteiger partial charge is 0.128 e. The molecular weight excluding hydrogens is 241 g/mol. The van der Waals surface area contributed by atoms with E-state index >= 15 is 0 Å². The maximum Gasteiger partial charge on any atom is 0.128 e. The van der Waals surface area contributed by atoms with Gasteiger partial charge in [-0.3, -0.25) is 9.80 Å². The Balaban J connectivity index is 1.68. The molecule has 1 aliphatic heterocycles. The number of hydrogen-bond donors (Lipinski definition) is 1. The number of nitrogens with zero attached hydrogens (tertiary/aromatic N) is 2. The quantitative estimate of drug-likeness (QED) is 0.895. The maximum absolute atomic E-state index is 13.9. The van der Waals surface area contributed by atoms with Crippen molar-refractivity contribution < 1.29 is 4.39 Å². The van der Waals surface area contributed by atoms with Crippen molar-refractivity contribution in [3.8, 4) is 0 Å². The molecule has 4 heteroatoms. The fraction of sp³-hybridized carbons (Fsp3) is 0.600. The SMILES string of the molecule is NCC(c1ccccc1F)N1CCN(C2CC2)CC1. The Kier molecular flexibility index (Phi) is 3.82. The highest BCUT2D eigenvalue weighted by molar-refractivity contribution is 5.22. The lowest BCUT2D eigenvalue weighted by atomic mass is 10.0. The van der Waals surface area contributed by atoms with Gasteiger partial charge in [0.25, 0.3) is 0 Å². The van der Waals surface area contributed by atoms with Crippen molar-refractivity contribution in [3.63, 3.8) is 0 Å². The van der Waals surface area contributed by atoms with Crippen LogP contribution in [0.5, 0.6) is 0 Å². The highest BCUT2D eigenvalue weighted by atomic mass is 19.1. The third-order valence-corrected chi connectivity index (χ3v) is 4.34. The van der Waals surface area contributed by atoms with E-state index in [-0.39, 0.29) is 11.9 Å². The van der Waals surface area contributed by atoms with E-state index < -0.39 is 0 Å². The predicted octanol–water partition coefficient (Wildman–Crippen LogP) is 1.61. The van der Waals surface area contributed by atoms with Gasteiger partial charge in [0.15, 0.2) is 0 Å². The number of rotatable bonds is 4. The molecule has 0 spiro atoms. The Morgan fingerprint density at radius 2 is 1.84 bits per heavy atom. The first-order chi connectivity index (χ1) is 9.29. The molecule has 1 unspecified atom stereocenters.